The zero-order chi connectivity index (χ0) is 14.5. The molecule has 1 atom stereocenters. The summed E-state index contributed by atoms with van der Waals surface area (Å²) in [6.07, 6.45) is 2.19. The van der Waals surface area contributed by atoms with Gasteiger partial charge < -0.3 is 16.4 Å². The van der Waals surface area contributed by atoms with E-state index in [0.29, 0.717) is 18.2 Å². The van der Waals surface area contributed by atoms with Gasteiger partial charge in [-0.3, -0.25) is 14.9 Å². The van der Waals surface area contributed by atoms with Crippen molar-refractivity contribution in [3.05, 3.63) is 34.4 Å². The summed E-state index contributed by atoms with van der Waals surface area (Å²) in [5, 5.41) is 16.5. The maximum Gasteiger partial charge on any atom is 0.292 e. The molecule has 0 aromatic heterocycles. The molecular formula is C13H18N4O3. The van der Waals surface area contributed by atoms with Gasteiger partial charge in [0.15, 0.2) is 0 Å². The van der Waals surface area contributed by atoms with Crippen LogP contribution in [0, 0.1) is 16.0 Å². The molecule has 4 N–H and O–H groups in total. The number of nitro benzene ring substituents is 1. The maximum atomic E-state index is 11.8. The van der Waals surface area contributed by atoms with Gasteiger partial charge in [0, 0.05) is 18.7 Å². The molecule has 7 nitrogen and oxygen atoms in total. The average molecular weight is 278 g/mol. The summed E-state index contributed by atoms with van der Waals surface area (Å²) in [7, 11) is 0. The van der Waals surface area contributed by atoms with Crippen molar-refractivity contribution in [3.8, 4) is 0 Å². The van der Waals surface area contributed by atoms with E-state index in [4.69, 9.17) is 5.73 Å². The summed E-state index contributed by atoms with van der Waals surface area (Å²) < 4.78 is 0. The van der Waals surface area contributed by atoms with E-state index in [2.05, 4.69) is 10.6 Å². The van der Waals surface area contributed by atoms with Crippen LogP contribution >= 0.6 is 0 Å². The number of rotatable bonds is 7. The van der Waals surface area contributed by atoms with Crippen LogP contribution in [0.25, 0.3) is 0 Å². The molecule has 1 saturated carbocycles. The first-order chi connectivity index (χ1) is 9.61. The zero-order valence-electron chi connectivity index (χ0n) is 11.0. The fraction of sp³-hybridized carbons (Fsp3) is 0.462. The van der Waals surface area contributed by atoms with Gasteiger partial charge in [-0.15, -0.1) is 0 Å². The topological polar surface area (TPSA) is 110 Å². The summed E-state index contributed by atoms with van der Waals surface area (Å²) in [5.74, 6) is 0.278. The van der Waals surface area contributed by atoms with E-state index in [0.717, 1.165) is 12.8 Å². The number of carbonyl (C=O) groups excluding carboxylic acids is 1. The summed E-state index contributed by atoms with van der Waals surface area (Å²) >= 11 is 0. The number of hydrogen-bond donors (Lipinski definition) is 3. The molecule has 1 amide bonds. The van der Waals surface area contributed by atoms with E-state index in [1.54, 1.807) is 18.2 Å². The second kappa shape index (κ2) is 6.33. The molecule has 1 unspecified atom stereocenters. The number of nitrogens with one attached hydrogen (secondary N) is 2. The number of nitrogens with zero attached hydrogens (tertiary/aromatic N) is 1. The van der Waals surface area contributed by atoms with E-state index in [-0.39, 0.29) is 24.2 Å². The maximum absolute atomic E-state index is 11.8. The van der Waals surface area contributed by atoms with Crippen LogP contribution < -0.4 is 16.4 Å². The van der Waals surface area contributed by atoms with Crippen LogP contribution in [0.3, 0.4) is 0 Å². The third-order valence-electron chi connectivity index (χ3n) is 3.33. The van der Waals surface area contributed by atoms with Crippen LogP contribution in [0.4, 0.5) is 11.4 Å². The minimum atomic E-state index is -0.479. The van der Waals surface area contributed by atoms with Gasteiger partial charge in [0.2, 0.25) is 5.91 Å². The third-order valence-corrected chi connectivity index (χ3v) is 3.33. The number of nitrogens with two attached hydrogens (primary N) is 1. The lowest BCUT2D eigenvalue weighted by molar-refractivity contribution is -0.383. The summed E-state index contributed by atoms with van der Waals surface area (Å²) in [6, 6.07) is 6.25. The Balaban J connectivity index is 1.88. The lowest BCUT2D eigenvalue weighted by Crippen LogP contribution is -2.44. The smallest absolute Gasteiger partial charge is 0.292 e. The second-order valence-electron chi connectivity index (χ2n) is 4.87. The van der Waals surface area contributed by atoms with Gasteiger partial charge in [-0.1, -0.05) is 12.1 Å². The van der Waals surface area contributed by atoms with Crippen LogP contribution in [0.5, 0.6) is 0 Å². The van der Waals surface area contributed by atoms with Gasteiger partial charge in [-0.25, -0.2) is 0 Å². The van der Waals surface area contributed by atoms with Crippen molar-refractivity contribution in [3.63, 3.8) is 0 Å². The molecule has 1 aromatic carbocycles. The van der Waals surface area contributed by atoms with Crippen molar-refractivity contribution in [2.24, 2.45) is 11.7 Å². The molecule has 108 valence electrons. The average Bonchev–Trinajstić information content (AvgIpc) is 3.27. The first-order valence-electron chi connectivity index (χ1n) is 6.58. The minimum Gasteiger partial charge on any atom is -0.371 e. The van der Waals surface area contributed by atoms with E-state index in [1.807, 2.05) is 0 Å². The quantitative estimate of drug-likeness (QED) is 0.506. The molecule has 0 saturated heterocycles. The van der Waals surface area contributed by atoms with Crippen LogP contribution in [-0.4, -0.2) is 30.0 Å². The molecule has 0 radical (unpaired) electrons. The highest BCUT2D eigenvalue weighted by Crippen LogP contribution is 2.32. The van der Waals surface area contributed by atoms with Crippen LogP contribution in [0.15, 0.2) is 24.3 Å². The van der Waals surface area contributed by atoms with E-state index < -0.39 is 4.92 Å². The van der Waals surface area contributed by atoms with Gasteiger partial charge in [0.05, 0.1) is 11.5 Å². The first-order valence-corrected chi connectivity index (χ1v) is 6.58. The summed E-state index contributed by atoms with van der Waals surface area (Å²) in [4.78, 5) is 22.2. The third kappa shape index (κ3) is 3.67. The number of nitro groups is 1. The fourth-order valence-corrected chi connectivity index (χ4v) is 2.08. The Morgan fingerprint density at radius 2 is 2.15 bits per heavy atom. The van der Waals surface area contributed by atoms with Crippen molar-refractivity contribution in [1.29, 1.82) is 0 Å². The highest BCUT2D eigenvalue weighted by atomic mass is 16.6. The predicted molar refractivity (Wildman–Crippen MR) is 75.3 cm³/mol. The van der Waals surface area contributed by atoms with Crippen LogP contribution in [0.1, 0.15) is 12.8 Å². The van der Waals surface area contributed by atoms with Crippen molar-refractivity contribution >= 4 is 17.3 Å². The van der Waals surface area contributed by atoms with E-state index in [1.165, 1.54) is 6.07 Å². The molecule has 0 spiro atoms. The fourth-order valence-electron chi connectivity index (χ4n) is 2.08. The highest BCUT2D eigenvalue weighted by molar-refractivity contribution is 5.82. The SMILES string of the molecule is NCC(NC(=O)CNc1ccccc1[N+](=O)[O-])C1CC1. The van der Waals surface area contributed by atoms with Crippen molar-refractivity contribution in [2.75, 3.05) is 18.4 Å². The number of hydrogen-bond acceptors (Lipinski definition) is 5. The second-order valence-corrected chi connectivity index (χ2v) is 4.87. The van der Waals surface area contributed by atoms with Gasteiger partial charge in [-0.05, 0) is 24.8 Å². The summed E-state index contributed by atoms with van der Waals surface area (Å²) in [6.45, 7) is 0.413. The Bertz CT molecular complexity index is 502. The Hall–Kier alpha value is -2.15. The first kappa shape index (κ1) is 14.3. The Kier molecular flexibility index (Phi) is 4.52. The van der Waals surface area contributed by atoms with Gasteiger partial charge >= 0.3 is 0 Å². The Morgan fingerprint density at radius 1 is 1.45 bits per heavy atom. The molecule has 1 aliphatic carbocycles. The van der Waals surface area contributed by atoms with Crippen molar-refractivity contribution in [2.45, 2.75) is 18.9 Å². The van der Waals surface area contributed by atoms with E-state index in [9.17, 15) is 14.9 Å². The lowest BCUT2D eigenvalue weighted by atomic mass is 10.2. The molecule has 1 fully saturated rings. The molecule has 0 bridgehead atoms. The number of para-hydroxylation sites is 2. The molecule has 2 rings (SSSR count). The Morgan fingerprint density at radius 3 is 2.75 bits per heavy atom. The van der Waals surface area contributed by atoms with Crippen molar-refractivity contribution in [1.82, 2.24) is 5.32 Å². The molecule has 1 aliphatic rings. The van der Waals surface area contributed by atoms with Crippen LogP contribution in [0.2, 0.25) is 0 Å². The molecule has 0 heterocycles. The number of carbonyl (C=O) groups is 1. The minimum absolute atomic E-state index is 0.00588. The normalized spacial score (nSPS) is 15.4. The molecular weight excluding hydrogens is 260 g/mol. The predicted octanol–water partition coefficient (Wildman–Crippen LogP) is 0.860. The van der Waals surface area contributed by atoms with E-state index >= 15 is 0 Å². The monoisotopic (exact) mass is 278 g/mol. The molecule has 20 heavy (non-hydrogen) atoms. The van der Waals surface area contributed by atoms with Crippen molar-refractivity contribution < 1.29 is 9.72 Å². The summed E-state index contributed by atoms with van der Waals surface area (Å²) in [5.41, 5.74) is 5.90. The lowest BCUT2D eigenvalue weighted by Gasteiger charge is -2.16. The van der Waals surface area contributed by atoms with Gasteiger partial charge in [0.1, 0.15) is 5.69 Å². The molecule has 1 aromatic rings. The number of amides is 1. The largest absolute Gasteiger partial charge is 0.371 e. The highest BCUT2D eigenvalue weighted by Gasteiger charge is 2.31. The zero-order valence-corrected chi connectivity index (χ0v) is 11.0. The standard InChI is InChI=1S/C13H18N4O3/c14-7-11(9-5-6-9)16-13(18)8-15-10-3-1-2-4-12(10)17(19)20/h1-4,9,11,15H,5-8,14H2,(H,16,18). The Labute approximate surface area is 116 Å². The number of benzene rings is 1. The van der Waals surface area contributed by atoms with Gasteiger partial charge in [-0.2, -0.15) is 0 Å². The molecule has 0 aliphatic heterocycles. The van der Waals surface area contributed by atoms with Gasteiger partial charge in [0.25, 0.3) is 5.69 Å². The molecule has 7 heteroatoms. The van der Waals surface area contributed by atoms with Crippen LogP contribution in [-0.2, 0) is 4.79 Å². The number of anilines is 1.